The van der Waals surface area contributed by atoms with Gasteiger partial charge in [-0.25, -0.2) is 0 Å². The Labute approximate surface area is 114 Å². The van der Waals surface area contributed by atoms with Crippen molar-refractivity contribution in [2.45, 2.75) is 77.1 Å². The summed E-state index contributed by atoms with van der Waals surface area (Å²) in [6.45, 7) is 4.50. The summed E-state index contributed by atoms with van der Waals surface area (Å²) in [4.78, 5) is 0. The van der Waals surface area contributed by atoms with Gasteiger partial charge in [-0.1, -0.05) is 33.1 Å². The number of halogens is 3. The third-order valence-electron chi connectivity index (χ3n) is 5.29. The van der Waals surface area contributed by atoms with Gasteiger partial charge in [0.25, 0.3) is 0 Å². The highest BCUT2D eigenvalue weighted by Crippen LogP contribution is 2.38. The molecule has 1 nitrogen and oxygen atoms in total. The van der Waals surface area contributed by atoms with Gasteiger partial charge in [0.05, 0.1) is 5.92 Å². The lowest BCUT2D eigenvalue weighted by molar-refractivity contribution is -0.184. The summed E-state index contributed by atoms with van der Waals surface area (Å²) in [6.07, 6.45) is 1.79. The molecule has 2 saturated carbocycles. The Hall–Kier alpha value is -0.250. The Morgan fingerprint density at radius 2 is 1.63 bits per heavy atom. The summed E-state index contributed by atoms with van der Waals surface area (Å²) in [7, 11) is 0. The number of nitrogens with one attached hydrogen (secondary N) is 1. The van der Waals surface area contributed by atoms with Gasteiger partial charge in [-0.05, 0) is 37.5 Å². The van der Waals surface area contributed by atoms with Gasteiger partial charge in [0.15, 0.2) is 0 Å². The highest BCUT2D eigenvalue weighted by atomic mass is 19.4. The highest BCUT2D eigenvalue weighted by Gasteiger charge is 2.42. The molecule has 0 bridgehead atoms. The average molecular weight is 277 g/mol. The third-order valence-corrected chi connectivity index (χ3v) is 5.29. The lowest BCUT2D eigenvalue weighted by atomic mass is 9.77. The van der Waals surface area contributed by atoms with Crippen molar-refractivity contribution >= 4 is 0 Å². The molecule has 2 aliphatic rings. The third kappa shape index (κ3) is 3.87. The minimum Gasteiger partial charge on any atom is -0.311 e. The minimum atomic E-state index is -4.01. The van der Waals surface area contributed by atoms with Crippen LogP contribution in [0.1, 0.15) is 58.8 Å². The molecule has 0 radical (unpaired) electrons. The van der Waals surface area contributed by atoms with Gasteiger partial charge in [0, 0.05) is 12.1 Å². The van der Waals surface area contributed by atoms with Crippen LogP contribution in [0, 0.1) is 17.8 Å². The van der Waals surface area contributed by atoms with Crippen LogP contribution in [0.3, 0.4) is 0 Å². The van der Waals surface area contributed by atoms with Crippen LogP contribution < -0.4 is 5.32 Å². The number of hydrogen-bond acceptors (Lipinski definition) is 1. The molecule has 0 amide bonds. The average Bonchev–Trinajstić information content (AvgIpc) is 2.34. The van der Waals surface area contributed by atoms with E-state index in [0.717, 1.165) is 12.8 Å². The predicted molar refractivity (Wildman–Crippen MR) is 70.9 cm³/mol. The molecule has 1 N–H and O–H groups in total. The Morgan fingerprint density at radius 1 is 0.947 bits per heavy atom. The summed E-state index contributed by atoms with van der Waals surface area (Å²) >= 11 is 0. The van der Waals surface area contributed by atoms with Crippen LogP contribution in [-0.4, -0.2) is 18.3 Å². The highest BCUT2D eigenvalue weighted by molar-refractivity contribution is 4.88. The van der Waals surface area contributed by atoms with E-state index in [9.17, 15) is 13.2 Å². The molecule has 4 heteroatoms. The van der Waals surface area contributed by atoms with E-state index in [1.807, 2.05) is 0 Å². The first-order valence-electron chi connectivity index (χ1n) is 7.70. The van der Waals surface area contributed by atoms with Crippen molar-refractivity contribution in [3.63, 3.8) is 0 Å². The normalized spacial score (nSPS) is 41.2. The summed E-state index contributed by atoms with van der Waals surface area (Å²) in [5.74, 6) is 0.184. The molecule has 5 atom stereocenters. The van der Waals surface area contributed by atoms with E-state index in [1.54, 1.807) is 0 Å². The summed E-state index contributed by atoms with van der Waals surface area (Å²) in [6, 6.07) is 0.485. The molecule has 2 fully saturated rings. The van der Waals surface area contributed by atoms with Crippen LogP contribution >= 0.6 is 0 Å². The van der Waals surface area contributed by atoms with Crippen LogP contribution in [0.15, 0.2) is 0 Å². The molecule has 2 aliphatic carbocycles. The van der Waals surface area contributed by atoms with Crippen LogP contribution in [-0.2, 0) is 0 Å². The fourth-order valence-corrected chi connectivity index (χ4v) is 3.76. The zero-order chi connectivity index (χ0) is 14.0. The Balaban J connectivity index is 1.88. The van der Waals surface area contributed by atoms with Crippen LogP contribution in [0.5, 0.6) is 0 Å². The van der Waals surface area contributed by atoms with E-state index in [1.165, 1.54) is 12.8 Å². The molecule has 0 aromatic heterocycles. The zero-order valence-electron chi connectivity index (χ0n) is 12.0. The molecule has 19 heavy (non-hydrogen) atoms. The second-order valence-electron chi connectivity index (χ2n) is 6.64. The van der Waals surface area contributed by atoms with Crippen molar-refractivity contribution in [3.8, 4) is 0 Å². The van der Waals surface area contributed by atoms with Gasteiger partial charge in [-0.3, -0.25) is 0 Å². The van der Waals surface area contributed by atoms with Crippen molar-refractivity contribution in [1.82, 2.24) is 5.32 Å². The number of hydrogen-bond donors (Lipinski definition) is 1. The Kier molecular flexibility index (Phi) is 4.80. The van der Waals surface area contributed by atoms with E-state index in [0.29, 0.717) is 30.7 Å². The second-order valence-corrected chi connectivity index (χ2v) is 6.64. The molecule has 0 heterocycles. The lowest BCUT2D eigenvalue weighted by Gasteiger charge is -2.39. The van der Waals surface area contributed by atoms with Gasteiger partial charge in [-0.15, -0.1) is 0 Å². The van der Waals surface area contributed by atoms with E-state index in [4.69, 9.17) is 0 Å². The fraction of sp³-hybridized carbons (Fsp3) is 1.00. The summed E-state index contributed by atoms with van der Waals surface area (Å²) in [5.41, 5.74) is 0. The SMILES string of the molecule is CC1CCCC(NC2CCCC(C(F)(F)F)C2)C1C. The molecule has 112 valence electrons. The molecule has 0 saturated heterocycles. The van der Waals surface area contributed by atoms with E-state index in [-0.39, 0.29) is 12.5 Å². The van der Waals surface area contributed by atoms with Gasteiger partial charge < -0.3 is 5.32 Å². The molecule has 5 unspecified atom stereocenters. The molecule has 0 aromatic rings. The molecular formula is C15H26F3N. The van der Waals surface area contributed by atoms with Crippen molar-refractivity contribution in [2.24, 2.45) is 17.8 Å². The second kappa shape index (κ2) is 6.02. The van der Waals surface area contributed by atoms with Crippen LogP contribution in [0.4, 0.5) is 13.2 Å². The fourth-order valence-electron chi connectivity index (χ4n) is 3.76. The number of alkyl halides is 3. The first-order valence-corrected chi connectivity index (χ1v) is 7.70. The molecular weight excluding hydrogens is 251 g/mol. The first kappa shape index (κ1) is 15.1. The Morgan fingerprint density at radius 3 is 2.32 bits per heavy atom. The van der Waals surface area contributed by atoms with Gasteiger partial charge in [-0.2, -0.15) is 13.2 Å². The molecule has 0 aromatic carbocycles. The predicted octanol–water partition coefficient (Wildman–Crippen LogP) is 4.52. The standard InChI is InChI=1S/C15H26F3N/c1-10-5-3-8-14(11(10)2)19-13-7-4-6-12(9-13)15(16,17)18/h10-14,19H,3-9H2,1-2H3. The lowest BCUT2D eigenvalue weighted by Crippen LogP contribution is -2.48. The van der Waals surface area contributed by atoms with E-state index < -0.39 is 12.1 Å². The maximum absolute atomic E-state index is 12.8. The van der Waals surface area contributed by atoms with Crippen molar-refractivity contribution in [2.75, 3.05) is 0 Å². The van der Waals surface area contributed by atoms with E-state index >= 15 is 0 Å². The monoisotopic (exact) mass is 277 g/mol. The molecule has 2 rings (SSSR count). The first-order chi connectivity index (χ1) is 8.88. The Bertz CT molecular complexity index is 290. The van der Waals surface area contributed by atoms with E-state index in [2.05, 4.69) is 19.2 Å². The van der Waals surface area contributed by atoms with Gasteiger partial charge in [0.2, 0.25) is 0 Å². The van der Waals surface area contributed by atoms with Crippen molar-refractivity contribution < 1.29 is 13.2 Å². The van der Waals surface area contributed by atoms with Gasteiger partial charge in [0.1, 0.15) is 0 Å². The van der Waals surface area contributed by atoms with Gasteiger partial charge >= 0.3 is 6.18 Å². The quantitative estimate of drug-likeness (QED) is 0.782. The van der Waals surface area contributed by atoms with Crippen LogP contribution in [0.2, 0.25) is 0 Å². The molecule has 0 spiro atoms. The maximum Gasteiger partial charge on any atom is 0.391 e. The molecule has 0 aliphatic heterocycles. The summed E-state index contributed by atoms with van der Waals surface area (Å²) in [5, 5.41) is 3.54. The summed E-state index contributed by atoms with van der Waals surface area (Å²) < 4.78 is 38.4. The number of rotatable bonds is 2. The smallest absolute Gasteiger partial charge is 0.311 e. The maximum atomic E-state index is 12.8. The van der Waals surface area contributed by atoms with Crippen molar-refractivity contribution in [3.05, 3.63) is 0 Å². The topological polar surface area (TPSA) is 12.0 Å². The minimum absolute atomic E-state index is 0.0677. The largest absolute Gasteiger partial charge is 0.391 e. The van der Waals surface area contributed by atoms with Crippen LogP contribution in [0.25, 0.3) is 0 Å². The van der Waals surface area contributed by atoms with Crippen molar-refractivity contribution in [1.29, 1.82) is 0 Å². The zero-order valence-corrected chi connectivity index (χ0v) is 12.0.